The van der Waals surface area contributed by atoms with E-state index in [1.165, 1.54) is 38.5 Å². The lowest BCUT2D eigenvalue weighted by Gasteiger charge is -2.28. The number of carbonyl (C=O) groups excluding carboxylic acids is 1. The quantitative estimate of drug-likeness (QED) is 0.645. The van der Waals surface area contributed by atoms with E-state index in [-0.39, 0.29) is 29.5 Å². The Hall–Kier alpha value is -2.42. The summed E-state index contributed by atoms with van der Waals surface area (Å²) in [6.45, 7) is 2.56. The van der Waals surface area contributed by atoms with Crippen LogP contribution in [0.5, 0.6) is 0 Å². The molecule has 1 aliphatic heterocycles. The van der Waals surface area contributed by atoms with Crippen molar-refractivity contribution in [2.75, 3.05) is 43.6 Å². The van der Waals surface area contributed by atoms with Crippen LogP contribution in [0.2, 0.25) is 0 Å². The summed E-state index contributed by atoms with van der Waals surface area (Å²) in [4.78, 5) is 15.0. The standard InChI is InChI=1S/C21H27N3O4S/c1-28-15-12-22-29(26,27)20-7-5-6-17(16-20)21(25)23-18-8-10-19(11-9-18)24-13-3-2-4-14-24/h5-11,16,22H,2-4,12-15H2,1H3,(H,23,25). The number of sulfonamides is 1. The van der Waals surface area contributed by atoms with Gasteiger partial charge in [0.05, 0.1) is 11.5 Å². The third-order valence-electron chi connectivity index (χ3n) is 4.85. The first-order valence-corrected chi connectivity index (χ1v) is 11.2. The Morgan fingerprint density at radius 3 is 2.48 bits per heavy atom. The molecule has 8 heteroatoms. The summed E-state index contributed by atoms with van der Waals surface area (Å²) in [7, 11) is -2.20. The van der Waals surface area contributed by atoms with Crippen molar-refractivity contribution in [1.29, 1.82) is 0 Å². The van der Waals surface area contributed by atoms with Gasteiger partial charge in [-0.15, -0.1) is 0 Å². The van der Waals surface area contributed by atoms with E-state index in [0.29, 0.717) is 5.69 Å². The molecule has 0 unspecified atom stereocenters. The normalized spacial score (nSPS) is 14.6. The lowest BCUT2D eigenvalue weighted by molar-refractivity contribution is 0.102. The number of hydrogen-bond acceptors (Lipinski definition) is 5. The van der Waals surface area contributed by atoms with Crippen LogP contribution in [0.1, 0.15) is 29.6 Å². The van der Waals surface area contributed by atoms with E-state index >= 15 is 0 Å². The molecule has 2 aromatic carbocycles. The molecule has 0 bridgehead atoms. The zero-order valence-corrected chi connectivity index (χ0v) is 17.4. The van der Waals surface area contributed by atoms with Gasteiger partial charge in [0.1, 0.15) is 0 Å². The van der Waals surface area contributed by atoms with Crippen LogP contribution < -0.4 is 14.9 Å². The van der Waals surface area contributed by atoms with Gasteiger partial charge < -0.3 is 15.0 Å². The number of hydrogen-bond donors (Lipinski definition) is 2. The van der Waals surface area contributed by atoms with Crippen LogP contribution in [0, 0.1) is 0 Å². The van der Waals surface area contributed by atoms with Gasteiger partial charge in [0.2, 0.25) is 10.0 Å². The van der Waals surface area contributed by atoms with Gasteiger partial charge in [-0.1, -0.05) is 6.07 Å². The Balaban J connectivity index is 1.66. The summed E-state index contributed by atoms with van der Waals surface area (Å²) in [5.41, 5.74) is 2.10. The summed E-state index contributed by atoms with van der Waals surface area (Å²) >= 11 is 0. The summed E-state index contributed by atoms with van der Waals surface area (Å²) in [5, 5.41) is 2.83. The minimum absolute atomic E-state index is 0.0432. The monoisotopic (exact) mass is 417 g/mol. The number of piperidine rings is 1. The van der Waals surface area contributed by atoms with E-state index in [9.17, 15) is 13.2 Å². The van der Waals surface area contributed by atoms with Gasteiger partial charge >= 0.3 is 0 Å². The third-order valence-corrected chi connectivity index (χ3v) is 6.31. The van der Waals surface area contributed by atoms with E-state index in [1.807, 2.05) is 24.3 Å². The zero-order chi connectivity index (χ0) is 20.7. The summed E-state index contributed by atoms with van der Waals surface area (Å²) < 4.78 is 31.9. The SMILES string of the molecule is COCCNS(=O)(=O)c1cccc(C(=O)Nc2ccc(N3CCCCC3)cc2)c1. The fourth-order valence-electron chi connectivity index (χ4n) is 3.28. The van der Waals surface area contributed by atoms with Crippen molar-refractivity contribution >= 4 is 27.3 Å². The van der Waals surface area contributed by atoms with Crippen LogP contribution in [0.25, 0.3) is 0 Å². The number of nitrogens with zero attached hydrogens (tertiary/aromatic N) is 1. The maximum atomic E-state index is 12.6. The van der Waals surface area contributed by atoms with Gasteiger partial charge in [-0.05, 0) is 61.7 Å². The van der Waals surface area contributed by atoms with Crippen LogP contribution in [0.3, 0.4) is 0 Å². The number of ether oxygens (including phenoxy) is 1. The molecule has 7 nitrogen and oxygen atoms in total. The highest BCUT2D eigenvalue weighted by molar-refractivity contribution is 7.89. The third kappa shape index (κ3) is 5.79. The molecule has 0 radical (unpaired) electrons. The summed E-state index contributed by atoms with van der Waals surface area (Å²) in [6, 6.07) is 13.7. The van der Waals surface area contributed by atoms with E-state index in [4.69, 9.17) is 4.74 Å². The van der Waals surface area contributed by atoms with E-state index in [1.54, 1.807) is 12.1 Å². The molecule has 156 valence electrons. The number of anilines is 2. The topological polar surface area (TPSA) is 87.7 Å². The molecule has 1 aliphatic rings. The molecule has 1 heterocycles. The van der Waals surface area contributed by atoms with Crippen molar-refractivity contribution in [2.24, 2.45) is 0 Å². The molecule has 2 aromatic rings. The Kier molecular flexibility index (Phi) is 7.24. The molecule has 0 aliphatic carbocycles. The second-order valence-electron chi connectivity index (χ2n) is 6.97. The van der Waals surface area contributed by atoms with Crippen molar-refractivity contribution in [2.45, 2.75) is 24.2 Å². The van der Waals surface area contributed by atoms with Crippen molar-refractivity contribution in [3.05, 3.63) is 54.1 Å². The zero-order valence-electron chi connectivity index (χ0n) is 16.6. The first kappa shape index (κ1) is 21.3. The molecule has 1 fully saturated rings. The highest BCUT2D eigenvalue weighted by atomic mass is 32.2. The Morgan fingerprint density at radius 1 is 1.07 bits per heavy atom. The van der Waals surface area contributed by atoms with Crippen molar-refractivity contribution in [1.82, 2.24) is 4.72 Å². The second kappa shape index (κ2) is 9.87. The number of methoxy groups -OCH3 is 1. The Bertz CT molecular complexity index is 923. The largest absolute Gasteiger partial charge is 0.383 e. The molecule has 0 aromatic heterocycles. The Morgan fingerprint density at radius 2 is 1.79 bits per heavy atom. The molecular weight excluding hydrogens is 390 g/mol. The maximum absolute atomic E-state index is 12.6. The molecular formula is C21H27N3O4S. The maximum Gasteiger partial charge on any atom is 0.255 e. The lowest BCUT2D eigenvalue weighted by Crippen LogP contribution is -2.29. The van der Waals surface area contributed by atoms with Crippen LogP contribution in [0.4, 0.5) is 11.4 Å². The molecule has 0 atom stereocenters. The molecule has 0 saturated carbocycles. The first-order chi connectivity index (χ1) is 14.0. The Labute approximate surface area is 172 Å². The highest BCUT2D eigenvalue weighted by Gasteiger charge is 2.16. The molecule has 2 N–H and O–H groups in total. The summed E-state index contributed by atoms with van der Waals surface area (Å²) in [6.07, 6.45) is 3.69. The van der Waals surface area contributed by atoms with Gasteiger partial charge in [-0.25, -0.2) is 13.1 Å². The highest BCUT2D eigenvalue weighted by Crippen LogP contribution is 2.22. The predicted molar refractivity (Wildman–Crippen MR) is 114 cm³/mol. The smallest absolute Gasteiger partial charge is 0.255 e. The van der Waals surface area contributed by atoms with Crippen molar-refractivity contribution in [3.8, 4) is 0 Å². The molecule has 0 spiro atoms. The lowest BCUT2D eigenvalue weighted by atomic mass is 10.1. The number of rotatable bonds is 8. The van der Waals surface area contributed by atoms with Crippen molar-refractivity contribution in [3.63, 3.8) is 0 Å². The summed E-state index contributed by atoms with van der Waals surface area (Å²) in [5.74, 6) is -0.357. The molecule has 1 amide bonds. The van der Waals surface area contributed by atoms with Gasteiger partial charge in [0.15, 0.2) is 0 Å². The minimum Gasteiger partial charge on any atom is -0.383 e. The minimum atomic E-state index is -3.69. The number of carbonyl (C=O) groups is 1. The van der Waals surface area contributed by atoms with Crippen molar-refractivity contribution < 1.29 is 17.9 Å². The first-order valence-electron chi connectivity index (χ1n) is 9.74. The molecule has 1 saturated heterocycles. The van der Waals surface area contributed by atoms with Gasteiger partial charge in [-0.3, -0.25) is 4.79 Å². The van der Waals surface area contributed by atoms with Crippen LogP contribution in [-0.4, -0.2) is 47.7 Å². The fraction of sp³-hybridized carbons (Fsp3) is 0.381. The average Bonchev–Trinajstić information content (AvgIpc) is 2.75. The van der Waals surface area contributed by atoms with E-state index in [0.717, 1.165) is 18.8 Å². The van der Waals surface area contributed by atoms with E-state index < -0.39 is 10.0 Å². The number of benzene rings is 2. The number of amides is 1. The average molecular weight is 418 g/mol. The number of nitrogens with one attached hydrogen (secondary N) is 2. The predicted octanol–water partition coefficient (Wildman–Crippen LogP) is 2.85. The van der Waals surface area contributed by atoms with Crippen LogP contribution in [-0.2, 0) is 14.8 Å². The molecule has 29 heavy (non-hydrogen) atoms. The van der Waals surface area contributed by atoms with Gasteiger partial charge in [0, 0.05) is 43.7 Å². The van der Waals surface area contributed by atoms with Crippen LogP contribution in [0.15, 0.2) is 53.4 Å². The van der Waals surface area contributed by atoms with Gasteiger partial charge in [0.25, 0.3) is 5.91 Å². The van der Waals surface area contributed by atoms with Gasteiger partial charge in [-0.2, -0.15) is 0 Å². The van der Waals surface area contributed by atoms with Crippen LogP contribution >= 0.6 is 0 Å². The second-order valence-corrected chi connectivity index (χ2v) is 8.73. The molecule has 3 rings (SSSR count). The van der Waals surface area contributed by atoms with E-state index in [2.05, 4.69) is 14.9 Å². The fourth-order valence-corrected chi connectivity index (χ4v) is 4.34.